The number of nitrogens with one attached hydrogen (secondary N) is 1. The molecule has 0 bridgehead atoms. The normalized spacial score (nSPS) is 10.5. The van der Waals surface area contributed by atoms with Crippen LogP contribution in [0.4, 0.5) is 10.2 Å². The topological polar surface area (TPSA) is 58.0 Å². The second kappa shape index (κ2) is 5.88. The van der Waals surface area contributed by atoms with Gasteiger partial charge in [0.2, 0.25) is 0 Å². The number of aromatic hydroxyl groups is 1. The number of hydrogen-bond acceptors (Lipinski definition) is 5. The molecular weight excluding hydrogens is 289 g/mol. The van der Waals surface area contributed by atoms with Gasteiger partial charge >= 0.3 is 0 Å². The molecule has 2 heterocycles. The maximum Gasteiger partial charge on any atom is 0.135 e. The van der Waals surface area contributed by atoms with Crippen molar-refractivity contribution >= 4 is 17.2 Å². The van der Waals surface area contributed by atoms with Crippen LogP contribution in [0.3, 0.4) is 0 Å². The predicted molar refractivity (Wildman–Crippen MR) is 85.0 cm³/mol. The van der Waals surface area contributed by atoms with E-state index in [2.05, 4.69) is 15.3 Å². The smallest absolute Gasteiger partial charge is 0.135 e. The van der Waals surface area contributed by atoms with Crippen LogP contribution in [0.2, 0.25) is 0 Å². The van der Waals surface area contributed by atoms with E-state index in [1.54, 1.807) is 17.8 Å². The monoisotopic (exact) mass is 305 g/mol. The summed E-state index contributed by atoms with van der Waals surface area (Å²) in [5.74, 6) is 0.137. The highest BCUT2D eigenvalue weighted by molar-refractivity contribution is 7.07. The minimum absolute atomic E-state index is 0. The number of thiazole rings is 1. The quantitative estimate of drug-likeness (QED) is 0.760. The number of phenols is 1. The summed E-state index contributed by atoms with van der Waals surface area (Å²) in [6.45, 7) is 0.347. The molecule has 1 aromatic carbocycles. The molecule has 110 valence electrons. The van der Waals surface area contributed by atoms with Gasteiger partial charge in [0, 0.05) is 38.2 Å². The Hall–Kier alpha value is -2.47. The van der Waals surface area contributed by atoms with Crippen LogP contribution in [0, 0.1) is 5.82 Å². The van der Waals surface area contributed by atoms with E-state index in [0.717, 1.165) is 17.3 Å². The van der Waals surface area contributed by atoms with Crippen molar-refractivity contribution in [1.29, 1.82) is 0 Å². The van der Waals surface area contributed by atoms with Crippen LogP contribution in [0.15, 0.2) is 47.4 Å². The Labute approximate surface area is 127 Å². The lowest BCUT2D eigenvalue weighted by Gasteiger charge is -2.10. The van der Waals surface area contributed by atoms with Gasteiger partial charge in [0.25, 0.3) is 0 Å². The first-order valence-corrected chi connectivity index (χ1v) is 7.23. The van der Waals surface area contributed by atoms with Crippen LogP contribution in [0.5, 0.6) is 5.75 Å². The van der Waals surface area contributed by atoms with Gasteiger partial charge in [-0.1, -0.05) is 6.07 Å². The second-order valence-corrected chi connectivity index (χ2v) is 5.12. The number of pyridine rings is 1. The van der Waals surface area contributed by atoms with Crippen LogP contribution in [0.25, 0.3) is 11.3 Å². The molecule has 0 spiro atoms. The Kier molecular flexibility index (Phi) is 3.79. The third-order valence-corrected chi connectivity index (χ3v) is 3.60. The van der Waals surface area contributed by atoms with E-state index in [0.29, 0.717) is 17.9 Å². The summed E-state index contributed by atoms with van der Waals surface area (Å²) >= 11 is 1.51. The first kappa shape index (κ1) is 13.5. The highest BCUT2D eigenvalue weighted by atomic mass is 32.1. The van der Waals surface area contributed by atoms with Crippen molar-refractivity contribution in [2.24, 2.45) is 0 Å². The molecule has 0 saturated heterocycles. The van der Waals surface area contributed by atoms with E-state index in [-0.39, 0.29) is 8.60 Å². The number of hydrogen-bond donors (Lipinski definition) is 2. The first-order valence-electron chi connectivity index (χ1n) is 6.29. The Balaban J connectivity index is 0.00000132. The molecule has 2 N–H and O–H groups in total. The number of halogens is 1. The fourth-order valence-corrected chi connectivity index (χ4v) is 2.52. The zero-order valence-corrected chi connectivity index (χ0v) is 11.8. The summed E-state index contributed by atoms with van der Waals surface area (Å²) < 4.78 is 13.0. The summed E-state index contributed by atoms with van der Waals surface area (Å²) in [6, 6.07) is 7.72. The van der Waals surface area contributed by atoms with Gasteiger partial charge in [0.1, 0.15) is 17.4 Å². The summed E-state index contributed by atoms with van der Waals surface area (Å²) in [6.07, 6.45) is 1.68. The van der Waals surface area contributed by atoms with Crippen molar-refractivity contribution in [2.75, 3.05) is 5.32 Å². The first-order chi connectivity index (χ1) is 10.2. The highest BCUT2D eigenvalue weighted by Gasteiger charge is 2.09. The minimum atomic E-state index is -0.461. The molecule has 21 heavy (non-hydrogen) atoms. The average molecular weight is 305 g/mol. The molecule has 6 heteroatoms. The summed E-state index contributed by atoms with van der Waals surface area (Å²) in [7, 11) is 0. The minimum Gasteiger partial charge on any atom is -0.507 e. The molecule has 0 aliphatic heterocycles. The zero-order chi connectivity index (χ0) is 14.7. The lowest BCUT2D eigenvalue weighted by atomic mass is 10.1. The van der Waals surface area contributed by atoms with Crippen molar-refractivity contribution in [3.63, 3.8) is 0 Å². The number of nitrogens with zero attached hydrogens (tertiary/aromatic N) is 2. The van der Waals surface area contributed by atoms with Crippen LogP contribution in [-0.2, 0) is 6.54 Å². The van der Waals surface area contributed by atoms with Crippen LogP contribution in [-0.4, -0.2) is 15.1 Å². The van der Waals surface area contributed by atoms with E-state index in [1.165, 1.54) is 17.4 Å². The van der Waals surface area contributed by atoms with Gasteiger partial charge in [-0.15, -0.1) is 11.3 Å². The van der Waals surface area contributed by atoms with Crippen molar-refractivity contribution in [2.45, 2.75) is 6.54 Å². The highest BCUT2D eigenvalue weighted by Crippen LogP contribution is 2.26. The molecule has 0 saturated carbocycles. The number of aromatic nitrogens is 2. The zero-order valence-electron chi connectivity index (χ0n) is 11.0. The van der Waals surface area contributed by atoms with Gasteiger partial charge in [-0.25, -0.2) is 14.4 Å². The van der Waals surface area contributed by atoms with Crippen molar-refractivity contribution in [3.8, 4) is 17.0 Å². The van der Waals surface area contributed by atoms with Gasteiger partial charge in [-0.3, -0.25) is 0 Å². The molecule has 0 radical (unpaired) electrons. The van der Waals surface area contributed by atoms with Gasteiger partial charge in [-0.05, 0) is 18.2 Å². The molecular formula is C15H16FN3OS. The fraction of sp³-hybridized carbons (Fsp3) is 0.0667. The van der Waals surface area contributed by atoms with Crippen LogP contribution in [0.1, 0.15) is 8.42 Å². The summed E-state index contributed by atoms with van der Waals surface area (Å²) in [4.78, 5) is 8.57. The van der Waals surface area contributed by atoms with E-state index < -0.39 is 5.82 Å². The predicted octanol–water partition coefficient (Wildman–Crippen LogP) is 4.15. The maximum absolute atomic E-state index is 13.0. The van der Waals surface area contributed by atoms with Gasteiger partial charge in [0.05, 0.1) is 11.2 Å². The SMILES string of the molecule is Oc1cc(F)ccc1CNc1ncccc1-c1cscn1.[HH].[HH]. The molecule has 4 nitrogen and oxygen atoms in total. The number of anilines is 1. The molecule has 0 atom stereocenters. The standard InChI is InChI=1S/C15H12FN3OS.2H2/c16-11-4-3-10(14(20)6-11)7-18-15-12(2-1-5-17-15)13-8-21-9-19-13;;/h1-6,8-9,20H,7H2,(H,17,18);2*1H. The largest absolute Gasteiger partial charge is 0.507 e. The Morgan fingerprint density at radius 2 is 2.19 bits per heavy atom. The number of benzene rings is 1. The molecule has 0 aliphatic rings. The Morgan fingerprint density at radius 3 is 2.95 bits per heavy atom. The van der Waals surface area contributed by atoms with Crippen molar-refractivity contribution in [3.05, 3.63) is 58.8 Å². The molecule has 2 aromatic heterocycles. The van der Waals surface area contributed by atoms with Crippen molar-refractivity contribution < 1.29 is 12.4 Å². The lowest BCUT2D eigenvalue weighted by molar-refractivity contribution is 0.463. The number of rotatable bonds is 4. The van der Waals surface area contributed by atoms with E-state index >= 15 is 0 Å². The maximum atomic E-state index is 13.0. The van der Waals surface area contributed by atoms with E-state index in [4.69, 9.17) is 0 Å². The van der Waals surface area contributed by atoms with E-state index in [9.17, 15) is 9.50 Å². The Bertz CT molecular complexity index is 756. The van der Waals surface area contributed by atoms with E-state index in [1.807, 2.05) is 17.5 Å². The molecule has 0 unspecified atom stereocenters. The molecule has 0 aliphatic carbocycles. The average Bonchev–Trinajstić information content (AvgIpc) is 3.01. The van der Waals surface area contributed by atoms with Gasteiger partial charge in [0.15, 0.2) is 0 Å². The van der Waals surface area contributed by atoms with Crippen LogP contribution < -0.4 is 5.32 Å². The van der Waals surface area contributed by atoms with Crippen molar-refractivity contribution in [1.82, 2.24) is 9.97 Å². The fourth-order valence-electron chi connectivity index (χ4n) is 1.96. The molecule has 0 fully saturated rings. The molecule has 0 amide bonds. The summed E-state index contributed by atoms with van der Waals surface area (Å²) in [5, 5.41) is 14.8. The third kappa shape index (κ3) is 3.00. The lowest BCUT2D eigenvalue weighted by Crippen LogP contribution is -2.03. The third-order valence-electron chi connectivity index (χ3n) is 3.01. The second-order valence-electron chi connectivity index (χ2n) is 4.40. The summed E-state index contributed by atoms with van der Waals surface area (Å²) in [5.41, 5.74) is 4.10. The Morgan fingerprint density at radius 1 is 1.29 bits per heavy atom. The van der Waals surface area contributed by atoms with Crippen LogP contribution >= 0.6 is 11.3 Å². The van der Waals surface area contributed by atoms with Gasteiger partial charge < -0.3 is 10.4 Å². The van der Waals surface area contributed by atoms with Gasteiger partial charge in [-0.2, -0.15) is 0 Å². The number of phenolic OH excluding ortho intramolecular Hbond substituents is 1. The molecule has 3 aromatic rings. The molecule has 3 rings (SSSR count).